The van der Waals surface area contributed by atoms with E-state index in [1.807, 2.05) is 42.1 Å². The molecule has 1 nitrogen and oxygen atoms in total. The van der Waals surface area contributed by atoms with Gasteiger partial charge in [-0.1, -0.05) is 18.2 Å². The van der Waals surface area contributed by atoms with Gasteiger partial charge in [-0.15, -0.1) is 11.8 Å². The SMILES string of the molecule is c1ccc(OC2CCCCS2)cc1. The molecule has 2 heteroatoms. The van der Waals surface area contributed by atoms with Gasteiger partial charge in [0, 0.05) is 0 Å². The van der Waals surface area contributed by atoms with Crippen LogP contribution in [-0.4, -0.2) is 11.2 Å². The Kier molecular flexibility index (Phi) is 3.14. The molecule has 0 bridgehead atoms. The highest BCUT2D eigenvalue weighted by Gasteiger charge is 2.14. The number of hydrogen-bond acceptors (Lipinski definition) is 2. The third-order valence-corrected chi connectivity index (χ3v) is 3.38. The standard InChI is InChI=1S/C11H14OS/c1-2-6-10(7-3-1)12-11-8-4-5-9-13-11/h1-3,6-7,11H,4-5,8-9H2. The number of rotatable bonds is 2. The molecule has 1 heterocycles. The first kappa shape index (κ1) is 8.95. The smallest absolute Gasteiger partial charge is 0.144 e. The Morgan fingerprint density at radius 2 is 2.00 bits per heavy atom. The van der Waals surface area contributed by atoms with Crippen molar-refractivity contribution in [1.82, 2.24) is 0 Å². The van der Waals surface area contributed by atoms with Crippen LogP contribution in [0.15, 0.2) is 30.3 Å². The summed E-state index contributed by atoms with van der Waals surface area (Å²) in [6.07, 6.45) is 3.85. The van der Waals surface area contributed by atoms with Crippen molar-refractivity contribution in [3.63, 3.8) is 0 Å². The number of thioether (sulfide) groups is 1. The van der Waals surface area contributed by atoms with E-state index in [4.69, 9.17) is 4.74 Å². The Balaban J connectivity index is 1.90. The molecule has 0 N–H and O–H groups in total. The molecule has 1 aliphatic rings. The lowest BCUT2D eigenvalue weighted by molar-refractivity contribution is 0.268. The van der Waals surface area contributed by atoms with Gasteiger partial charge >= 0.3 is 0 Å². The molecule has 0 spiro atoms. The van der Waals surface area contributed by atoms with Crippen LogP contribution in [0.25, 0.3) is 0 Å². The van der Waals surface area contributed by atoms with E-state index in [-0.39, 0.29) is 0 Å². The Morgan fingerprint density at radius 1 is 1.15 bits per heavy atom. The van der Waals surface area contributed by atoms with Crippen LogP contribution in [-0.2, 0) is 0 Å². The molecular weight excluding hydrogens is 180 g/mol. The summed E-state index contributed by atoms with van der Waals surface area (Å²) in [7, 11) is 0. The molecule has 0 amide bonds. The first-order chi connectivity index (χ1) is 6.45. The summed E-state index contributed by atoms with van der Waals surface area (Å²) >= 11 is 1.94. The van der Waals surface area contributed by atoms with Gasteiger partial charge in [0.15, 0.2) is 0 Å². The van der Waals surface area contributed by atoms with Crippen LogP contribution in [0.5, 0.6) is 5.75 Å². The minimum atomic E-state index is 0.385. The van der Waals surface area contributed by atoms with Crippen LogP contribution < -0.4 is 4.74 Å². The topological polar surface area (TPSA) is 9.23 Å². The van der Waals surface area contributed by atoms with Crippen LogP contribution in [0.4, 0.5) is 0 Å². The fourth-order valence-corrected chi connectivity index (χ4v) is 2.60. The van der Waals surface area contributed by atoms with E-state index in [9.17, 15) is 0 Å². The van der Waals surface area contributed by atoms with Crippen molar-refractivity contribution >= 4 is 11.8 Å². The molecule has 1 aromatic carbocycles. The number of para-hydroxylation sites is 1. The zero-order chi connectivity index (χ0) is 8.93. The van der Waals surface area contributed by atoms with E-state index in [1.165, 1.54) is 25.0 Å². The number of hydrogen-bond donors (Lipinski definition) is 0. The highest BCUT2D eigenvalue weighted by atomic mass is 32.2. The van der Waals surface area contributed by atoms with Crippen LogP contribution >= 0.6 is 11.8 Å². The summed E-state index contributed by atoms with van der Waals surface area (Å²) in [5, 5.41) is 0. The molecule has 70 valence electrons. The summed E-state index contributed by atoms with van der Waals surface area (Å²) in [6, 6.07) is 10.1. The lowest BCUT2D eigenvalue weighted by Crippen LogP contribution is -2.16. The van der Waals surface area contributed by atoms with Crippen LogP contribution in [0.3, 0.4) is 0 Å². The van der Waals surface area contributed by atoms with Crippen LogP contribution in [0.1, 0.15) is 19.3 Å². The third-order valence-electron chi connectivity index (χ3n) is 2.15. The first-order valence-corrected chi connectivity index (χ1v) is 5.83. The molecule has 1 aromatic rings. The Labute approximate surface area is 83.5 Å². The van der Waals surface area contributed by atoms with Crippen LogP contribution in [0.2, 0.25) is 0 Å². The molecule has 0 aromatic heterocycles. The lowest BCUT2D eigenvalue weighted by Gasteiger charge is -2.22. The molecule has 1 unspecified atom stereocenters. The van der Waals surface area contributed by atoms with Gasteiger partial charge in [0.25, 0.3) is 0 Å². The second-order valence-electron chi connectivity index (χ2n) is 3.23. The minimum Gasteiger partial charge on any atom is -0.480 e. The van der Waals surface area contributed by atoms with Gasteiger partial charge < -0.3 is 4.74 Å². The van der Waals surface area contributed by atoms with Gasteiger partial charge in [0.2, 0.25) is 0 Å². The molecule has 1 atom stereocenters. The molecule has 1 saturated heterocycles. The van der Waals surface area contributed by atoms with Crippen molar-refractivity contribution in [2.24, 2.45) is 0 Å². The van der Waals surface area contributed by atoms with Crippen molar-refractivity contribution in [3.05, 3.63) is 30.3 Å². The quantitative estimate of drug-likeness (QED) is 0.714. The summed E-state index contributed by atoms with van der Waals surface area (Å²) in [4.78, 5) is 0. The monoisotopic (exact) mass is 194 g/mol. The zero-order valence-corrected chi connectivity index (χ0v) is 8.43. The molecule has 0 saturated carbocycles. The molecule has 0 aliphatic carbocycles. The minimum absolute atomic E-state index is 0.385. The average molecular weight is 194 g/mol. The van der Waals surface area contributed by atoms with E-state index in [0.29, 0.717) is 5.44 Å². The average Bonchev–Trinajstić information content (AvgIpc) is 2.21. The zero-order valence-electron chi connectivity index (χ0n) is 7.61. The van der Waals surface area contributed by atoms with Gasteiger partial charge in [-0.2, -0.15) is 0 Å². The third kappa shape index (κ3) is 2.66. The fraction of sp³-hybridized carbons (Fsp3) is 0.455. The van der Waals surface area contributed by atoms with E-state index in [1.54, 1.807) is 0 Å². The van der Waals surface area contributed by atoms with Crippen molar-refractivity contribution in [2.75, 3.05) is 5.75 Å². The number of ether oxygens (including phenoxy) is 1. The molecule has 0 radical (unpaired) electrons. The second-order valence-corrected chi connectivity index (χ2v) is 4.49. The van der Waals surface area contributed by atoms with Gasteiger partial charge in [-0.05, 0) is 37.1 Å². The maximum absolute atomic E-state index is 5.82. The molecule has 2 rings (SSSR count). The summed E-state index contributed by atoms with van der Waals surface area (Å²) in [5.41, 5.74) is 0.385. The van der Waals surface area contributed by atoms with Crippen molar-refractivity contribution in [3.8, 4) is 5.75 Å². The van der Waals surface area contributed by atoms with E-state index in [2.05, 4.69) is 0 Å². The number of benzene rings is 1. The van der Waals surface area contributed by atoms with Crippen molar-refractivity contribution in [2.45, 2.75) is 24.7 Å². The molecule has 1 fully saturated rings. The lowest BCUT2D eigenvalue weighted by atomic mass is 10.2. The van der Waals surface area contributed by atoms with Gasteiger partial charge in [-0.25, -0.2) is 0 Å². The predicted octanol–water partition coefficient (Wildman–Crippen LogP) is 3.31. The first-order valence-electron chi connectivity index (χ1n) is 4.78. The molecule has 1 aliphatic heterocycles. The van der Waals surface area contributed by atoms with E-state index >= 15 is 0 Å². The summed E-state index contributed by atoms with van der Waals surface area (Å²) < 4.78 is 5.82. The highest BCUT2D eigenvalue weighted by molar-refractivity contribution is 7.99. The Bertz CT molecular complexity index is 242. The highest BCUT2D eigenvalue weighted by Crippen LogP contribution is 2.27. The Morgan fingerprint density at radius 3 is 2.69 bits per heavy atom. The van der Waals surface area contributed by atoms with Crippen molar-refractivity contribution < 1.29 is 4.74 Å². The second kappa shape index (κ2) is 4.56. The summed E-state index contributed by atoms with van der Waals surface area (Å²) in [5.74, 6) is 2.25. The Hall–Kier alpha value is -0.630. The predicted molar refractivity (Wildman–Crippen MR) is 57.2 cm³/mol. The van der Waals surface area contributed by atoms with Crippen molar-refractivity contribution in [1.29, 1.82) is 0 Å². The summed E-state index contributed by atoms with van der Waals surface area (Å²) in [6.45, 7) is 0. The largest absolute Gasteiger partial charge is 0.480 e. The van der Waals surface area contributed by atoms with Gasteiger partial charge in [0.1, 0.15) is 11.2 Å². The maximum Gasteiger partial charge on any atom is 0.144 e. The van der Waals surface area contributed by atoms with E-state index in [0.717, 1.165) is 5.75 Å². The fourth-order valence-electron chi connectivity index (χ4n) is 1.45. The van der Waals surface area contributed by atoms with Gasteiger partial charge in [0.05, 0.1) is 0 Å². The molecular formula is C11H14OS. The molecule has 13 heavy (non-hydrogen) atoms. The van der Waals surface area contributed by atoms with Gasteiger partial charge in [-0.3, -0.25) is 0 Å². The normalized spacial score (nSPS) is 22.6. The van der Waals surface area contributed by atoms with Crippen LogP contribution in [0, 0.1) is 0 Å². The van der Waals surface area contributed by atoms with E-state index < -0.39 is 0 Å². The maximum atomic E-state index is 5.82.